The van der Waals surface area contributed by atoms with E-state index in [4.69, 9.17) is 0 Å². The number of nitrogens with zero attached hydrogens (tertiary/aromatic N) is 2. The van der Waals surface area contributed by atoms with Gasteiger partial charge < -0.3 is 9.88 Å². The van der Waals surface area contributed by atoms with Gasteiger partial charge in [-0.3, -0.25) is 0 Å². The first kappa shape index (κ1) is 13.3. The van der Waals surface area contributed by atoms with Gasteiger partial charge in [-0.05, 0) is 49.6 Å². The van der Waals surface area contributed by atoms with E-state index in [-0.39, 0.29) is 0 Å². The van der Waals surface area contributed by atoms with Crippen LogP contribution in [0.4, 0.5) is 0 Å². The Morgan fingerprint density at radius 2 is 2.22 bits per heavy atom. The highest BCUT2D eigenvalue weighted by atomic mass is 32.1. The normalized spacial score (nSPS) is 13.1. The molecule has 1 unspecified atom stereocenters. The van der Waals surface area contributed by atoms with E-state index in [1.807, 2.05) is 12.5 Å². The molecule has 18 heavy (non-hydrogen) atoms. The summed E-state index contributed by atoms with van der Waals surface area (Å²) >= 11 is 1.76. The van der Waals surface area contributed by atoms with Gasteiger partial charge in [-0.25, -0.2) is 4.98 Å². The molecule has 4 heteroatoms. The summed E-state index contributed by atoms with van der Waals surface area (Å²) in [5.74, 6) is 0. The quantitative estimate of drug-likeness (QED) is 0.867. The van der Waals surface area contributed by atoms with Gasteiger partial charge in [0.05, 0.1) is 12.0 Å². The summed E-state index contributed by atoms with van der Waals surface area (Å²) in [6.45, 7) is 7.47. The second kappa shape index (κ2) is 6.16. The predicted molar refractivity (Wildman–Crippen MR) is 76.9 cm³/mol. The maximum Gasteiger partial charge on any atom is 0.0951 e. The molecule has 0 fully saturated rings. The van der Waals surface area contributed by atoms with Crippen LogP contribution in [0.25, 0.3) is 0 Å². The fraction of sp³-hybridized carbons (Fsp3) is 0.500. The van der Waals surface area contributed by atoms with Crippen molar-refractivity contribution >= 4 is 11.3 Å². The summed E-state index contributed by atoms with van der Waals surface area (Å²) in [7, 11) is 0. The summed E-state index contributed by atoms with van der Waals surface area (Å²) in [4.78, 5) is 4.22. The number of hydrogen-bond acceptors (Lipinski definition) is 3. The number of imidazole rings is 1. The molecule has 0 amide bonds. The van der Waals surface area contributed by atoms with E-state index in [1.165, 1.54) is 11.3 Å². The highest BCUT2D eigenvalue weighted by Gasteiger charge is 2.08. The standard InChI is InChI=1S/C14H21N3S/c1-11(2)17-10-15-7-14(17)8-16-12(3)6-13-4-5-18-9-13/h4-5,7,9-12,16H,6,8H2,1-3H3. The molecule has 0 bridgehead atoms. The van der Waals surface area contributed by atoms with Crippen LogP contribution in [-0.2, 0) is 13.0 Å². The van der Waals surface area contributed by atoms with E-state index in [0.717, 1.165) is 13.0 Å². The monoisotopic (exact) mass is 263 g/mol. The lowest BCUT2D eigenvalue weighted by atomic mass is 10.1. The molecule has 2 rings (SSSR count). The summed E-state index contributed by atoms with van der Waals surface area (Å²) in [6.07, 6.45) is 4.94. The van der Waals surface area contributed by atoms with Crippen LogP contribution in [0.1, 0.15) is 38.1 Å². The Hall–Kier alpha value is -1.13. The van der Waals surface area contributed by atoms with Crippen molar-refractivity contribution in [2.45, 2.75) is 45.8 Å². The Balaban J connectivity index is 1.85. The zero-order valence-corrected chi connectivity index (χ0v) is 12.1. The minimum absolute atomic E-state index is 0.469. The lowest BCUT2D eigenvalue weighted by Crippen LogP contribution is -2.28. The highest BCUT2D eigenvalue weighted by Crippen LogP contribution is 2.11. The van der Waals surface area contributed by atoms with Gasteiger partial charge in [-0.2, -0.15) is 11.3 Å². The number of rotatable bonds is 6. The van der Waals surface area contributed by atoms with E-state index in [2.05, 4.69) is 52.5 Å². The molecule has 1 atom stereocenters. The van der Waals surface area contributed by atoms with Crippen molar-refractivity contribution in [3.05, 3.63) is 40.6 Å². The van der Waals surface area contributed by atoms with Crippen LogP contribution >= 0.6 is 11.3 Å². The molecular formula is C14H21N3S. The van der Waals surface area contributed by atoms with Crippen molar-refractivity contribution in [1.29, 1.82) is 0 Å². The van der Waals surface area contributed by atoms with Crippen LogP contribution in [0.15, 0.2) is 29.4 Å². The second-order valence-corrected chi connectivity index (χ2v) is 5.78. The van der Waals surface area contributed by atoms with E-state index >= 15 is 0 Å². The zero-order chi connectivity index (χ0) is 13.0. The van der Waals surface area contributed by atoms with Gasteiger partial charge in [0.15, 0.2) is 0 Å². The summed E-state index contributed by atoms with van der Waals surface area (Å²) in [5, 5.41) is 7.92. The number of aromatic nitrogens is 2. The molecule has 0 aliphatic heterocycles. The average molecular weight is 263 g/mol. The number of hydrogen-bond donors (Lipinski definition) is 1. The van der Waals surface area contributed by atoms with Crippen LogP contribution in [0, 0.1) is 0 Å². The van der Waals surface area contributed by atoms with Crippen molar-refractivity contribution in [2.24, 2.45) is 0 Å². The molecule has 98 valence electrons. The SMILES string of the molecule is CC(Cc1ccsc1)NCc1cncn1C(C)C. The molecule has 0 saturated heterocycles. The molecule has 0 aliphatic rings. The molecule has 0 aromatic carbocycles. The first-order valence-corrected chi connectivity index (χ1v) is 7.36. The van der Waals surface area contributed by atoms with Crippen molar-refractivity contribution in [1.82, 2.24) is 14.9 Å². The highest BCUT2D eigenvalue weighted by molar-refractivity contribution is 7.07. The lowest BCUT2D eigenvalue weighted by molar-refractivity contribution is 0.505. The van der Waals surface area contributed by atoms with E-state index in [0.29, 0.717) is 12.1 Å². The van der Waals surface area contributed by atoms with Crippen molar-refractivity contribution in [3.8, 4) is 0 Å². The van der Waals surface area contributed by atoms with E-state index < -0.39 is 0 Å². The Kier molecular flexibility index (Phi) is 4.55. The molecule has 0 radical (unpaired) electrons. The number of thiophene rings is 1. The van der Waals surface area contributed by atoms with E-state index in [9.17, 15) is 0 Å². The fourth-order valence-electron chi connectivity index (χ4n) is 2.05. The smallest absolute Gasteiger partial charge is 0.0951 e. The van der Waals surface area contributed by atoms with Crippen LogP contribution in [0.5, 0.6) is 0 Å². The molecular weight excluding hydrogens is 242 g/mol. The molecule has 2 heterocycles. The summed E-state index contributed by atoms with van der Waals surface area (Å²) < 4.78 is 2.21. The zero-order valence-electron chi connectivity index (χ0n) is 11.3. The summed E-state index contributed by atoms with van der Waals surface area (Å²) in [5.41, 5.74) is 2.67. The third-order valence-corrected chi connectivity index (χ3v) is 3.79. The topological polar surface area (TPSA) is 29.9 Å². The van der Waals surface area contributed by atoms with Gasteiger partial charge in [0, 0.05) is 24.8 Å². The largest absolute Gasteiger partial charge is 0.331 e. The Labute approximate surface area is 113 Å². The predicted octanol–water partition coefficient (Wildman–Crippen LogP) is 3.25. The first-order chi connectivity index (χ1) is 8.66. The molecule has 2 aromatic rings. The second-order valence-electron chi connectivity index (χ2n) is 5.00. The van der Waals surface area contributed by atoms with Crippen LogP contribution < -0.4 is 5.32 Å². The van der Waals surface area contributed by atoms with Gasteiger partial charge >= 0.3 is 0 Å². The van der Waals surface area contributed by atoms with Crippen molar-refractivity contribution in [3.63, 3.8) is 0 Å². The molecule has 0 saturated carbocycles. The third-order valence-electron chi connectivity index (χ3n) is 3.06. The molecule has 0 spiro atoms. The van der Waals surface area contributed by atoms with E-state index in [1.54, 1.807) is 11.3 Å². The summed E-state index contributed by atoms with van der Waals surface area (Å²) in [6, 6.07) is 3.15. The molecule has 2 aromatic heterocycles. The third kappa shape index (κ3) is 3.43. The average Bonchev–Trinajstić information content (AvgIpc) is 2.96. The number of nitrogens with one attached hydrogen (secondary N) is 1. The molecule has 1 N–H and O–H groups in total. The lowest BCUT2D eigenvalue weighted by Gasteiger charge is -2.16. The maximum absolute atomic E-state index is 4.22. The fourth-order valence-corrected chi connectivity index (χ4v) is 2.73. The maximum atomic E-state index is 4.22. The Morgan fingerprint density at radius 3 is 2.89 bits per heavy atom. The van der Waals surface area contributed by atoms with Crippen LogP contribution in [0.2, 0.25) is 0 Å². The van der Waals surface area contributed by atoms with Gasteiger partial charge in [0.25, 0.3) is 0 Å². The minimum Gasteiger partial charge on any atom is -0.331 e. The van der Waals surface area contributed by atoms with Crippen molar-refractivity contribution in [2.75, 3.05) is 0 Å². The van der Waals surface area contributed by atoms with Crippen LogP contribution in [-0.4, -0.2) is 15.6 Å². The Bertz CT molecular complexity index is 459. The van der Waals surface area contributed by atoms with Gasteiger partial charge in [0.2, 0.25) is 0 Å². The van der Waals surface area contributed by atoms with Gasteiger partial charge in [-0.1, -0.05) is 0 Å². The van der Waals surface area contributed by atoms with Crippen molar-refractivity contribution < 1.29 is 0 Å². The van der Waals surface area contributed by atoms with Gasteiger partial charge in [-0.15, -0.1) is 0 Å². The van der Waals surface area contributed by atoms with Crippen LogP contribution in [0.3, 0.4) is 0 Å². The van der Waals surface area contributed by atoms with Gasteiger partial charge in [0.1, 0.15) is 0 Å². The first-order valence-electron chi connectivity index (χ1n) is 6.42. The molecule has 3 nitrogen and oxygen atoms in total. The Morgan fingerprint density at radius 1 is 1.39 bits per heavy atom. The molecule has 0 aliphatic carbocycles. The minimum atomic E-state index is 0.469.